The Morgan fingerprint density at radius 1 is 1.11 bits per heavy atom. The van der Waals surface area contributed by atoms with Crippen LogP contribution >= 0.6 is 22.6 Å². The van der Waals surface area contributed by atoms with Crippen LogP contribution in [0, 0.1) is 9.39 Å². The molecule has 0 saturated carbocycles. The first-order chi connectivity index (χ1) is 8.60. The zero-order chi connectivity index (χ0) is 13.1. The lowest BCUT2D eigenvalue weighted by atomic mass is 10.2. The first-order valence-electron chi connectivity index (χ1n) is 5.16. The van der Waals surface area contributed by atoms with Gasteiger partial charge in [-0.05, 0) is 46.9 Å². The minimum Gasteiger partial charge on any atom is -0.494 e. The molecule has 2 aromatic rings. The highest BCUT2D eigenvalue weighted by molar-refractivity contribution is 14.1. The van der Waals surface area contributed by atoms with Gasteiger partial charge in [-0.25, -0.2) is 4.39 Å². The predicted molar refractivity (Wildman–Crippen MR) is 76.6 cm³/mol. The van der Waals surface area contributed by atoms with E-state index in [2.05, 4.69) is 22.6 Å². The summed E-state index contributed by atoms with van der Waals surface area (Å²) >= 11 is 2.20. The van der Waals surface area contributed by atoms with Crippen molar-refractivity contribution in [3.05, 3.63) is 45.8 Å². The largest absolute Gasteiger partial charge is 0.494 e. The van der Waals surface area contributed by atoms with Gasteiger partial charge in [0.15, 0.2) is 17.3 Å². The molecule has 18 heavy (non-hydrogen) atoms. The minimum atomic E-state index is -0.509. The fraction of sp³-hybridized carbons (Fsp3) is 0.0769. The number of halogens is 2. The minimum absolute atomic E-state index is 0.102. The van der Waals surface area contributed by atoms with Crippen molar-refractivity contribution in [3.63, 3.8) is 0 Å². The second kappa shape index (κ2) is 5.43. The monoisotopic (exact) mass is 359 g/mol. The maximum atomic E-state index is 13.4. The fourth-order valence-corrected chi connectivity index (χ4v) is 1.78. The molecule has 2 N–H and O–H groups in total. The number of nitrogens with two attached hydrogens (primary N) is 1. The zero-order valence-electron chi connectivity index (χ0n) is 9.61. The van der Waals surface area contributed by atoms with Gasteiger partial charge in [0.25, 0.3) is 0 Å². The summed E-state index contributed by atoms with van der Waals surface area (Å²) in [7, 11) is 1.39. The lowest BCUT2D eigenvalue weighted by Crippen LogP contribution is -1.96. The summed E-state index contributed by atoms with van der Waals surface area (Å²) in [5.74, 6) is 0.597. The first-order valence-corrected chi connectivity index (χ1v) is 6.24. The predicted octanol–water partition coefficient (Wildman–Crippen LogP) is 3.81. The molecule has 0 aliphatic carbocycles. The van der Waals surface area contributed by atoms with Crippen LogP contribution in [0.25, 0.3) is 0 Å². The Labute approximate surface area is 118 Å². The molecule has 3 nitrogen and oxygen atoms in total. The molecule has 0 aliphatic heterocycles. The van der Waals surface area contributed by atoms with Crippen molar-refractivity contribution >= 4 is 28.3 Å². The molecule has 0 unspecified atom stereocenters. The molecular weight excluding hydrogens is 348 g/mol. The Morgan fingerprint density at radius 2 is 1.78 bits per heavy atom. The number of nitrogen functional groups attached to an aromatic ring is 1. The van der Waals surface area contributed by atoms with E-state index >= 15 is 0 Å². The molecule has 0 fully saturated rings. The Bertz CT molecular complexity index is 558. The molecule has 0 amide bonds. The molecule has 0 bridgehead atoms. The molecule has 0 heterocycles. The van der Waals surface area contributed by atoms with Gasteiger partial charge in [-0.1, -0.05) is 0 Å². The number of hydrogen-bond acceptors (Lipinski definition) is 3. The molecule has 2 aromatic carbocycles. The van der Waals surface area contributed by atoms with E-state index in [1.54, 1.807) is 0 Å². The second-order valence-electron chi connectivity index (χ2n) is 3.58. The standard InChI is InChI=1S/C13H11FINO2/c1-17-12-7-13(11(16)6-10(12)14)18-9-4-2-8(15)3-5-9/h2-7H,16H2,1H3. The molecule has 0 aliphatic rings. The van der Waals surface area contributed by atoms with Gasteiger partial charge >= 0.3 is 0 Å². The van der Waals surface area contributed by atoms with Gasteiger partial charge in [0.05, 0.1) is 12.8 Å². The zero-order valence-corrected chi connectivity index (χ0v) is 11.8. The van der Waals surface area contributed by atoms with Crippen LogP contribution in [0.4, 0.5) is 10.1 Å². The third-order valence-corrected chi connectivity index (χ3v) is 3.04. The summed E-state index contributed by atoms with van der Waals surface area (Å²) in [4.78, 5) is 0. The summed E-state index contributed by atoms with van der Waals surface area (Å²) in [5, 5.41) is 0. The van der Waals surface area contributed by atoms with Crippen molar-refractivity contribution in [1.29, 1.82) is 0 Å². The highest BCUT2D eigenvalue weighted by atomic mass is 127. The molecule has 0 atom stereocenters. The molecular formula is C13H11FINO2. The lowest BCUT2D eigenvalue weighted by molar-refractivity contribution is 0.382. The number of anilines is 1. The summed E-state index contributed by atoms with van der Waals surface area (Å²) in [6.07, 6.45) is 0. The molecule has 2 rings (SSSR count). The van der Waals surface area contributed by atoms with Crippen LogP contribution < -0.4 is 15.2 Å². The number of benzene rings is 2. The topological polar surface area (TPSA) is 44.5 Å². The maximum absolute atomic E-state index is 13.4. The lowest BCUT2D eigenvalue weighted by Gasteiger charge is -2.11. The maximum Gasteiger partial charge on any atom is 0.167 e. The number of methoxy groups -OCH3 is 1. The normalized spacial score (nSPS) is 10.2. The van der Waals surface area contributed by atoms with Crippen LogP contribution in [-0.4, -0.2) is 7.11 Å². The van der Waals surface area contributed by atoms with Gasteiger partial charge in [0.1, 0.15) is 5.75 Å². The van der Waals surface area contributed by atoms with Gasteiger partial charge in [-0.3, -0.25) is 0 Å². The van der Waals surface area contributed by atoms with Crippen LogP contribution in [0.15, 0.2) is 36.4 Å². The van der Waals surface area contributed by atoms with E-state index in [0.29, 0.717) is 11.5 Å². The van der Waals surface area contributed by atoms with Crippen molar-refractivity contribution in [2.24, 2.45) is 0 Å². The average molecular weight is 359 g/mol. The van der Waals surface area contributed by atoms with Crippen molar-refractivity contribution in [1.82, 2.24) is 0 Å². The Balaban J connectivity index is 2.31. The summed E-state index contributed by atoms with van der Waals surface area (Å²) < 4.78 is 24.9. The Kier molecular flexibility index (Phi) is 3.90. The van der Waals surface area contributed by atoms with Crippen LogP contribution in [0.5, 0.6) is 17.2 Å². The SMILES string of the molecule is COc1cc(Oc2ccc(I)cc2)c(N)cc1F. The van der Waals surface area contributed by atoms with Gasteiger partial charge in [-0.15, -0.1) is 0 Å². The van der Waals surface area contributed by atoms with Crippen molar-refractivity contribution in [2.45, 2.75) is 0 Å². The third kappa shape index (κ3) is 2.84. The van der Waals surface area contributed by atoms with Gasteiger partial charge in [-0.2, -0.15) is 0 Å². The molecule has 94 valence electrons. The number of rotatable bonds is 3. The molecule has 0 radical (unpaired) electrons. The molecule has 0 spiro atoms. The second-order valence-corrected chi connectivity index (χ2v) is 4.83. The number of ether oxygens (including phenoxy) is 2. The van der Waals surface area contributed by atoms with Crippen LogP contribution in [0.3, 0.4) is 0 Å². The van der Waals surface area contributed by atoms with Gasteiger partial charge < -0.3 is 15.2 Å². The molecule has 0 saturated heterocycles. The molecule has 5 heteroatoms. The van der Waals surface area contributed by atoms with Crippen LogP contribution in [0.2, 0.25) is 0 Å². The van der Waals surface area contributed by atoms with Crippen LogP contribution in [0.1, 0.15) is 0 Å². The van der Waals surface area contributed by atoms with E-state index in [9.17, 15) is 4.39 Å². The Morgan fingerprint density at radius 3 is 2.39 bits per heavy atom. The quantitative estimate of drug-likeness (QED) is 0.670. The smallest absolute Gasteiger partial charge is 0.167 e. The fourth-order valence-electron chi connectivity index (χ4n) is 1.42. The van der Waals surface area contributed by atoms with Crippen molar-refractivity contribution < 1.29 is 13.9 Å². The number of hydrogen-bond donors (Lipinski definition) is 1. The van der Waals surface area contributed by atoms with E-state index < -0.39 is 5.82 Å². The van der Waals surface area contributed by atoms with E-state index in [4.69, 9.17) is 15.2 Å². The van der Waals surface area contributed by atoms with E-state index in [-0.39, 0.29) is 11.4 Å². The van der Waals surface area contributed by atoms with Crippen LogP contribution in [-0.2, 0) is 0 Å². The third-order valence-electron chi connectivity index (χ3n) is 2.33. The van der Waals surface area contributed by atoms with Gasteiger partial charge in [0, 0.05) is 15.7 Å². The van der Waals surface area contributed by atoms with E-state index in [0.717, 1.165) is 3.57 Å². The first kappa shape index (κ1) is 12.9. The summed E-state index contributed by atoms with van der Waals surface area (Å²) in [5.41, 5.74) is 5.93. The summed E-state index contributed by atoms with van der Waals surface area (Å²) in [6.45, 7) is 0. The highest BCUT2D eigenvalue weighted by Gasteiger charge is 2.10. The Hall–Kier alpha value is -1.50. The highest BCUT2D eigenvalue weighted by Crippen LogP contribution is 2.33. The van der Waals surface area contributed by atoms with Crippen molar-refractivity contribution in [3.8, 4) is 17.2 Å². The molecule has 0 aromatic heterocycles. The van der Waals surface area contributed by atoms with Crippen molar-refractivity contribution in [2.75, 3.05) is 12.8 Å². The summed E-state index contributed by atoms with van der Waals surface area (Å²) in [6, 6.07) is 10.1. The van der Waals surface area contributed by atoms with E-state index in [1.165, 1.54) is 19.2 Å². The average Bonchev–Trinajstić information content (AvgIpc) is 2.35. The van der Waals surface area contributed by atoms with Gasteiger partial charge in [0.2, 0.25) is 0 Å². The van der Waals surface area contributed by atoms with E-state index in [1.807, 2.05) is 24.3 Å².